The average Bonchev–Trinajstić information content (AvgIpc) is 3.04. The number of benzene rings is 2. The standard InChI is InChI=1S/C19H18N2O3/c1-2-24-19(23)14-8-4-6-10-17(14)21-12-18(22)15-11-20-16-9-5-3-7-13(15)16/h3-11,20-21H,2,12H2,1H3. The van der Waals surface area contributed by atoms with Gasteiger partial charge in [0.1, 0.15) is 0 Å². The van der Waals surface area contributed by atoms with E-state index in [0.717, 1.165) is 10.9 Å². The van der Waals surface area contributed by atoms with E-state index in [1.54, 1.807) is 37.4 Å². The average molecular weight is 322 g/mol. The summed E-state index contributed by atoms with van der Waals surface area (Å²) in [7, 11) is 0. The van der Waals surface area contributed by atoms with Gasteiger partial charge in [0.25, 0.3) is 0 Å². The zero-order valence-corrected chi connectivity index (χ0v) is 13.3. The SMILES string of the molecule is CCOC(=O)c1ccccc1NCC(=O)c1c[nH]c2ccccc12. The van der Waals surface area contributed by atoms with Crippen LogP contribution in [0, 0.1) is 0 Å². The summed E-state index contributed by atoms with van der Waals surface area (Å²) in [4.78, 5) is 27.6. The number of hydrogen-bond donors (Lipinski definition) is 2. The Balaban J connectivity index is 1.76. The van der Waals surface area contributed by atoms with Crippen molar-refractivity contribution in [2.75, 3.05) is 18.5 Å². The van der Waals surface area contributed by atoms with Gasteiger partial charge in [0.05, 0.1) is 18.7 Å². The summed E-state index contributed by atoms with van der Waals surface area (Å²) in [6, 6.07) is 14.7. The highest BCUT2D eigenvalue weighted by atomic mass is 16.5. The molecule has 0 radical (unpaired) electrons. The molecule has 0 bridgehead atoms. The van der Waals surface area contributed by atoms with Crippen molar-refractivity contribution in [3.8, 4) is 0 Å². The molecule has 0 aliphatic rings. The van der Waals surface area contributed by atoms with E-state index in [0.29, 0.717) is 23.4 Å². The number of aromatic nitrogens is 1. The van der Waals surface area contributed by atoms with E-state index in [2.05, 4.69) is 10.3 Å². The van der Waals surface area contributed by atoms with E-state index in [1.165, 1.54) is 0 Å². The number of aromatic amines is 1. The van der Waals surface area contributed by atoms with Gasteiger partial charge in [-0.15, -0.1) is 0 Å². The summed E-state index contributed by atoms with van der Waals surface area (Å²) in [5, 5.41) is 3.93. The summed E-state index contributed by atoms with van der Waals surface area (Å²) < 4.78 is 5.04. The summed E-state index contributed by atoms with van der Waals surface area (Å²) in [5.41, 5.74) is 2.56. The molecule has 2 aromatic carbocycles. The van der Waals surface area contributed by atoms with Crippen molar-refractivity contribution in [2.45, 2.75) is 6.92 Å². The third kappa shape index (κ3) is 3.15. The number of H-pyrrole nitrogens is 1. The van der Waals surface area contributed by atoms with Crippen LogP contribution in [-0.2, 0) is 4.74 Å². The number of carbonyl (C=O) groups is 2. The number of nitrogens with one attached hydrogen (secondary N) is 2. The third-order valence-corrected chi connectivity index (χ3v) is 3.75. The van der Waals surface area contributed by atoms with Gasteiger partial charge < -0.3 is 15.0 Å². The zero-order chi connectivity index (χ0) is 16.9. The second-order valence-corrected chi connectivity index (χ2v) is 5.29. The van der Waals surface area contributed by atoms with Crippen LogP contribution in [0.15, 0.2) is 54.7 Å². The molecular formula is C19H18N2O3. The van der Waals surface area contributed by atoms with Crippen LogP contribution in [0.4, 0.5) is 5.69 Å². The minimum absolute atomic E-state index is 0.0499. The Kier molecular flexibility index (Phi) is 4.61. The van der Waals surface area contributed by atoms with Crippen LogP contribution in [0.2, 0.25) is 0 Å². The summed E-state index contributed by atoms with van der Waals surface area (Å²) in [5.74, 6) is -0.453. The summed E-state index contributed by atoms with van der Waals surface area (Å²) >= 11 is 0. The van der Waals surface area contributed by atoms with E-state index >= 15 is 0 Å². The van der Waals surface area contributed by atoms with Crippen molar-refractivity contribution in [1.82, 2.24) is 4.98 Å². The number of ketones is 1. The first kappa shape index (κ1) is 15.8. The molecular weight excluding hydrogens is 304 g/mol. The van der Waals surface area contributed by atoms with Gasteiger partial charge in [-0.05, 0) is 25.1 Å². The molecule has 24 heavy (non-hydrogen) atoms. The van der Waals surface area contributed by atoms with Crippen LogP contribution >= 0.6 is 0 Å². The topological polar surface area (TPSA) is 71.2 Å². The van der Waals surface area contributed by atoms with Crippen LogP contribution < -0.4 is 5.32 Å². The fourth-order valence-electron chi connectivity index (χ4n) is 2.60. The van der Waals surface area contributed by atoms with Gasteiger partial charge in [-0.2, -0.15) is 0 Å². The molecule has 122 valence electrons. The molecule has 0 aliphatic carbocycles. The number of fused-ring (bicyclic) bond motifs is 1. The maximum Gasteiger partial charge on any atom is 0.340 e. The zero-order valence-electron chi connectivity index (χ0n) is 13.3. The predicted molar refractivity (Wildman–Crippen MR) is 93.5 cm³/mol. The van der Waals surface area contributed by atoms with E-state index in [1.807, 2.05) is 24.3 Å². The van der Waals surface area contributed by atoms with E-state index in [4.69, 9.17) is 4.74 Å². The normalized spacial score (nSPS) is 10.5. The second kappa shape index (κ2) is 7.00. The first-order chi connectivity index (χ1) is 11.7. The largest absolute Gasteiger partial charge is 0.462 e. The van der Waals surface area contributed by atoms with E-state index in [-0.39, 0.29) is 12.3 Å². The lowest BCUT2D eigenvalue weighted by Gasteiger charge is -2.10. The fraction of sp³-hybridized carbons (Fsp3) is 0.158. The number of carbonyl (C=O) groups excluding carboxylic acids is 2. The molecule has 0 saturated heterocycles. The Morgan fingerprint density at radius 2 is 1.79 bits per heavy atom. The van der Waals surface area contributed by atoms with Crippen molar-refractivity contribution in [1.29, 1.82) is 0 Å². The highest BCUT2D eigenvalue weighted by Gasteiger charge is 2.15. The lowest BCUT2D eigenvalue weighted by molar-refractivity contribution is 0.0527. The first-order valence-corrected chi connectivity index (χ1v) is 7.80. The van der Waals surface area contributed by atoms with Gasteiger partial charge >= 0.3 is 5.97 Å². The number of para-hydroxylation sites is 2. The van der Waals surface area contributed by atoms with Crippen molar-refractivity contribution < 1.29 is 14.3 Å². The molecule has 0 unspecified atom stereocenters. The van der Waals surface area contributed by atoms with Crippen molar-refractivity contribution >= 4 is 28.3 Å². The van der Waals surface area contributed by atoms with Crippen LogP contribution in [0.5, 0.6) is 0 Å². The van der Waals surface area contributed by atoms with Crippen LogP contribution in [0.3, 0.4) is 0 Å². The van der Waals surface area contributed by atoms with Crippen molar-refractivity contribution in [3.63, 3.8) is 0 Å². The number of ether oxygens (including phenoxy) is 1. The Morgan fingerprint density at radius 1 is 1.04 bits per heavy atom. The Labute approximate surface area is 139 Å². The third-order valence-electron chi connectivity index (χ3n) is 3.75. The molecule has 1 aromatic heterocycles. The van der Waals surface area contributed by atoms with Crippen molar-refractivity contribution in [3.05, 3.63) is 65.9 Å². The number of Topliss-reactive ketones (excluding diaryl/α,β-unsaturated/α-hetero) is 1. The Bertz CT molecular complexity index is 883. The molecule has 3 aromatic rings. The highest BCUT2D eigenvalue weighted by Crippen LogP contribution is 2.20. The Hall–Kier alpha value is -3.08. The number of hydrogen-bond acceptors (Lipinski definition) is 4. The molecule has 1 heterocycles. The van der Waals surface area contributed by atoms with Crippen LogP contribution in [0.1, 0.15) is 27.6 Å². The van der Waals surface area contributed by atoms with Crippen LogP contribution in [-0.4, -0.2) is 29.9 Å². The highest BCUT2D eigenvalue weighted by molar-refractivity contribution is 6.09. The molecule has 2 N–H and O–H groups in total. The summed E-state index contributed by atoms with van der Waals surface area (Å²) in [6.45, 7) is 2.16. The maximum absolute atomic E-state index is 12.5. The second-order valence-electron chi connectivity index (χ2n) is 5.29. The first-order valence-electron chi connectivity index (χ1n) is 7.80. The molecule has 3 rings (SSSR count). The molecule has 0 atom stereocenters. The minimum Gasteiger partial charge on any atom is -0.462 e. The molecule has 0 fully saturated rings. The van der Waals surface area contributed by atoms with Gasteiger partial charge in [0.2, 0.25) is 0 Å². The maximum atomic E-state index is 12.5. The van der Waals surface area contributed by atoms with Gasteiger partial charge in [-0.25, -0.2) is 4.79 Å². The minimum atomic E-state index is -0.403. The van der Waals surface area contributed by atoms with Gasteiger partial charge in [0, 0.05) is 28.4 Å². The van der Waals surface area contributed by atoms with Crippen LogP contribution in [0.25, 0.3) is 10.9 Å². The van der Waals surface area contributed by atoms with Gasteiger partial charge in [0.15, 0.2) is 5.78 Å². The molecule has 0 saturated carbocycles. The van der Waals surface area contributed by atoms with Gasteiger partial charge in [-0.3, -0.25) is 4.79 Å². The molecule has 0 aliphatic heterocycles. The lowest BCUT2D eigenvalue weighted by atomic mass is 10.1. The number of rotatable bonds is 6. The quantitative estimate of drug-likeness (QED) is 0.537. The van der Waals surface area contributed by atoms with Gasteiger partial charge in [-0.1, -0.05) is 30.3 Å². The molecule has 0 spiro atoms. The smallest absolute Gasteiger partial charge is 0.340 e. The number of anilines is 1. The monoisotopic (exact) mass is 322 g/mol. The molecule has 5 heteroatoms. The number of esters is 1. The lowest BCUT2D eigenvalue weighted by Crippen LogP contribution is -2.16. The van der Waals surface area contributed by atoms with Crippen molar-refractivity contribution in [2.24, 2.45) is 0 Å². The Morgan fingerprint density at radius 3 is 2.62 bits per heavy atom. The summed E-state index contributed by atoms with van der Waals surface area (Å²) in [6.07, 6.45) is 1.71. The molecule has 0 amide bonds. The van der Waals surface area contributed by atoms with E-state index < -0.39 is 5.97 Å². The fourth-order valence-corrected chi connectivity index (χ4v) is 2.60. The van der Waals surface area contributed by atoms with E-state index in [9.17, 15) is 9.59 Å². The molecule has 5 nitrogen and oxygen atoms in total. The predicted octanol–water partition coefficient (Wildman–Crippen LogP) is 3.64.